The van der Waals surface area contributed by atoms with E-state index >= 15 is 0 Å². The molecule has 0 amide bonds. The number of halogens is 2. The zero-order valence-corrected chi connectivity index (χ0v) is 11.5. The van der Waals surface area contributed by atoms with Gasteiger partial charge in [0, 0.05) is 5.56 Å². The molecular formula is C16H14ClFO. The minimum absolute atomic E-state index is 0.191. The maximum atomic E-state index is 13.3. The summed E-state index contributed by atoms with van der Waals surface area (Å²) in [6, 6.07) is 13.2. The van der Waals surface area contributed by atoms with Crippen LogP contribution in [0.2, 0.25) is 5.02 Å². The van der Waals surface area contributed by atoms with Crippen molar-refractivity contribution in [1.29, 1.82) is 0 Å². The number of hydrogen-bond acceptors (Lipinski definition) is 1. The summed E-state index contributed by atoms with van der Waals surface area (Å²) in [4.78, 5) is 12.6. The molecule has 0 aliphatic heterocycles. The maximum absolute atomic E-state index is 13.3. The van der Waals surface area contributed by atoms with Gasteiger partial charge in [-0.25, -0.2) is 4.39 Å². The van der Waals surface area contributed by atoms with E-state index < -0.39 is 11.2 Å². The average Bonchev–Trinajstić information content (AvgIpc) is 2.41. The standard InChI is InChI=1S/C16H14ClFO/c1-16(2,11-6-4-3-5-7-11)15(19)13-10-12(18)8-9-14(13)17/h3-10H,1-2H3. The van der Waals surface area contributed by atoms with Crippen LogP contribution in [0, 0.1) is 5.82 Å². The molecular weight excluding hydrogens is 263 g/mol. The van der Waals surface area contributed by atoms with Gasteiger partial charge in [-0.3, -0.25) is 4.79 Å². The second-order valence-corrected chi connectivity index (χ2v) is 5.35. The fourth-order valence-electron chi connectivity index (χ4n) is 1.99. The molecule has 2 aromatic rings. The molecule has 0 aliphatic rings. The highest BCUT2D eigenvalue weighted by molar-refractivity contribution is 6.34. The van der Waals surface area contributed by atoms with Crippen molar-refractivity contribution in [2.75, 3.05) is 0 Å². The summed E-state index contributed by atoms with van der Waals surface area (Å²) in [5.41, 5.74) is 0.342. The third-order valence-electron chi connectivity index (χ3n) is 3.24. The molecule has 0 heterocycles. The fraction of sp³-hybridized carbons (Fsp3) is 0.188. The van der Waals surface area contributed by atoms with Gasteiger partial charge in [0.15, 0.2) is 5.78 Å². The van der Waals surface area contributed by atoms with Gasteiger partial charge in [0.05, 0.1) is 10.4 Å². The van der Waals surface area contributed by atoms with Crippen molar-refractivity contribution in [3.8, 4) is 0 Å². The van der Waals surface area contributed by atoms with E-state index in [1.807, 2.05) is 44.2 Å². The zero-order chi connectivity index (χ0) is 14.0. The largest absolute Gasteiger partial charge is 0.293 e. The van der Waals surface area contributed by atoms with Gasteiger partial charge in [-0.1, -0.05) is 41.9 Å². The summed E-state index contributed by atoms with van der Waals surface area (Å²) >= 11 is 6.00. The SMILES string of the molecule is CC(C)(C(=O)c1cc(F)ccc1Cl)c1ccccc1. The summed E-state index contributed by atoms with van der Waals surface area (Å²) in [5.74, 6) is -0.653. The van der Waals surface area contributed by atoms with Gasteiger partial charge >= 0.3 is 0 Å². The average molecular weight is 277 g/mol. The normalized spacial score (nSPS) is 11.4. The molecule has 0 saturated heterocycles. The molecule has 0 N–H and O–H groups in total. The van der Waals surface area contributed by atoms with E-state index in [4.69, 9.17) is 11.6 Å². The summed E-state index contributed by atoms with van der Waals surface area (Å²) in [6.07, 6.45) is 0. The summed E-state index contributed by atoms with van der Waals surface area (Å²) in [7, 11) is 0. The molecule has 0 bridgehead atoms. The van der Waals surface area contributed by atoms with Crippen LogP contribution >= 0.6 is 11.6 Å². The predicted molar refractivity (Wildman–Crippen MR) is 75.2 cm³/mol. The number of rotatable bonds is 3. The van der Waals surface area contributed by atoms with Crippen molar-refractivity contribution in [2.45, 2.75) is 19.3 Å². The monoisotopic (exact) mass is 276 g/mol. The molecule has 0 atom stereocenters. The summed E-state index contributed by atoms with van der Waals surface area (Å²) in [5, 5.41) is 0.274. The summed E-state index contributed by atoms with van der Waals surface area (Å²) < 4.78 is 13.3. The van der Waals surface area contributed by atoms with Crippen LogP contribution in [-0.2, 0) is 5.41 Å². The van der Waals surface area contributed by atoms with Crippen molar-refractivity contribution in [3.63, 3.8) is 0 Å². The second-order valence-electron chi connectivity index (χ2n) is 4.94. The van der Waals surface area contributed by atoms with Crippen molar-refractivity contribution in [3.05, 3.63) is 70.5 Å². The van der Waals surface area contributed by atoms with Gasteiger partial charge in [-0.15, -0.1) is 0 Å². The van der Waals surface area contributed by atoms with Gasteiger partial charge in [0.1, 0.15) is 5.82 Å². The molecule has 2 aromatic carbocycles. The molecule has 0 aromatic heterocycles. The number of benzene rings is 2. The van der Waals surface area contributed by atoms with Crippen LogP contribution < -0.4 is 0 Å². The van der Waals surface area contributed by atoms with Crippen LogP contribution in [0.4, 0.5) is 4.39 Å². The molecule has 98 valence electrons. The quantitative estimate of drug-likeness (QED) is 0.747. The number of hydrogen-bond donors (Lipinski definition) is 0. The first-order valence-electron chi connectivity index (χ1n) is 5.98. The smallest absolute Gasteiger partial charge is 0.174 e. The molecule has 0 saturated carbocycles. The van der Waals surface area contributed by atoms with E-state index in [1.165, 1.54) is 18.2 Å². The van der Waals surface area contributed by atoms with Gasteiger partial charge in [0.25, 0.3) is 0 Å². The molecule has 2 rings (SSSR count). The third kappa shape index (κ3) is 2.69. The topological polar surface area (TPSA) is 17.1 Å². The predicted octanol–water partition coefficient (Wildman–Crippen LogP) is 4.64. The minimum Gasteiger partial charge on any atom is -0.293 e. The maximum Gasteiger partial charge on any atom is 0.174 e. The van der Waals surface area contributed by atoms with Gasteiger partial charge in [0.2, 0.25) is 0 Å². The first kappa shape index (κ1) is 13.8. The Kier molecular flexibility index (Phi) is 3.72. The highest BCUT2D eigenvalue weighted by Gasteiger charge is 2.31. The summed E-state index contributed by atoms with van der Waals surface area (Å²) in [6.45, 7) is 3.62. The van der Waals surface area contributed by atoms with Crippen LogP contribution in [0.5, 0.6) is 0 Å². The van der Waals surface area contributed by atoms with Crippen LogP contribution in [0.25, 0.3) is 0 Å². The van der Waals surface area contributed by atoms with E-state index in [-0.39, 0.29) is 16.4 Å². The lowest BCUT2D eigenvalue weighted by atomic mass is 9.78. The second kappa shape index (κ2) is 5.14. The van der Waals surface area contributed by atoms with Crippen molar-refractivity contribution < 1.29 is 9.18 Å². The Morgan fingerprint density at radius 1 is 1.11 bits per heavy atom. The van der Waals surface area contributed by atoms with Crippen LogP contribution in [-0.4, -0.2) is 5.78 Å². The van der Waals surface area contributed by atoms with Crippen LogP contribution in [0.1, 0.15) is 29.8 Å². The van der Waals surface area contributed by atoms with E-state index in [9.17, 15) is 9.18 Å². The molecule has 3 heteroatoms. The van der Waals surface area contributed by atoms with E-state index in [1.54, 1.807) is 0 Å². The van der Waals surface area contributed by atoms with Crippen molar-refractivity contribution >= 4 is 17.4 Å². The number of carbonyl (C=O) groups is 1. The van der Waals surface area contributed by atoms with Crippen molar-refractivity contribution in [2.24, 2.45) is 0 Å². The number of Topliss-reactive ketones (excluding diaryl/α,β-unsaturated/α-hetero) is 1. The fourth-order valence-corrected chi connectivity index (χ4v) is 2.20. The third-order valence-corrected chi connectivity index (χ3v) is 3.57. The Morgan fingerprint density at radius 3 is 2.37 bits per heavy atom. The number of carbonyl (C=O) groups excluding carboxylic acids is 1. The lowest BCUT2D eigenvalue weighted by Gasteiger charge is -2.24. The molecule has 19 heavy (non-hydrogen) atoms. The van der Waals surface area contributed by atoms with Crippen molar-refractivity contribution in [1.82, 2.24) is 0 Å². The lowest BCUT2D eigenvalue weighted by Crippen LogP contribution is -2.29. The number of ketones is 1. The lowest BCUT2D eigenvalue weighted by molar-refractivity contribution is 0.0908. The Balaban J connectivity index is 2.46. The highest BCUT2D eigenvalue weighted by Crippen LogP contribution is 2.30. The molecule has 0 spiro atoms. The van der Waals surface area contributed by atoms with Crippen LogP contribution in [0.15, 0.2) is 48.5 Å². The highest BCUT2D eigenvalue weighted by atomic mass is 35.5. The van der Waals surface area contributed by atoms with Gasteiger partial charge < -0.3 is 0 Å². The molecule has 0 aliphatic carbocycles. The molecule has 0 radical (unpaired) electrons. The Bertz CT molecular complexity index is 605. The first-order chi connectivity index (χ1) is 8.93. The Morgan fingerprint density at radius 2 is 1.74 bits per heavy atom. The Hall–Kier alpha value is -1.67. The van der Waals surface area contributed by atoms with E-state index in [0.717, 1.165) is 5.56 Å². The molecule has 0 fully saturated rings. The van der Waals surface area contributed by atoms with E-state index in [0.29, 0.717) is 0 Å². The van der Waals surface area contributed by atoms with Gasteiger partial charge in [-0.2, -0.15) is 0 Å². The molecule has 1 nitrogen and oxygen atoms in total. The van der Waals surface area contributed by atoms with Gasteiger partial charge in [-0.05, 0) is 37.6 Å². The van der Waals surface area contributed by atoms with Crippen LogP contribution in [0.3, 0.4) is 0 Å². The minimum atomic E-state index is -0.751. The molecule has 0 unspecified atom stereocenters. The Labute approximate surface area is 117 Å². The first-order valence-corrected chi connectivity index (χ1v) is 6.36. The van der Waals surface area contributed by atoms with E-state index in [2.05, 4.69) is 0 Å². The zero-order valence-electron chi connectivity index (χ0n) is 10.8.